The Hall–Kier alpha value is -3.07. The number of fused-ring (bicyclic) bond motifs is 1. The van der Waals surface area contributed by atoms with E-state index in [1.54, 1.807) is 24.9 Å². The summed E-state index contributed by atoms with van der Waals surface area (Å²) in [6.07, 6.45) is 1.66. The highest BCUT2D eigenvalue weighted by molar-refractivity contribution is 6.22. The van der Waals surface area contributed by atoms with E-state index < -0.39 is 12.1 Å². The van der Waals surface area contributed by atoms with Crippen molar-refractivity contribution in [2.75, 3.05) is 34.4 Å². The van der Waals surface area contributed by atoms with Gasteiger partial charge in [-0.25, -0.2) is 9.37 Å². The monoisotopic (exact) mass is 357 g/mol. The van der Waals surface area contributed by atoms with Crippen molar-refractivity contribution in [1.82, 2.24) is 15.2 Å². The van der Waals surface area contributed by atoms with E-state index in [0.29, 0.717) is 24.9 Å². The third-order valence-corrected chi connectivity index (χ3v) is 4.24. The van der Waals surface area contributed by atoms with Gasteiger partial charge in [0.1, 0.15) is 0 Å². The average molecular weight is 357 g/mol. The lowest BCUT2D eigenvalue weighted by Gasteiger charge is -2.31. The Morgan fingerprint density at radius 2 is 2.00 bits per heavy atom. The van der Waals surface area contributed by atoms with Crippen molar-refractivity contribution in [2.45, 2.75) is 6.04 Å². The fourth-order valence-electron chi connectivity index (χ4n) is 2.82. The second kappa shape index (κ2) is 7.44. The van der Waals surface area contributed by atoms with Crippen molar-refractivity contribution >= 4 is 29.9 Å². The van der Waals surface area contributed by atoms with Crippen LogP contribution in [0.3, 0.4) is 0 Å². The van der Waals surface area contributed by atoms with Crippen LogP contribution in [0.2, 0.25) is 0 Å². The summed E-state index contributed by atoms with van der Waals surface area (Å²) in [6.45, 7) is 0.834. The largest absolute Gasteiger partial charge is 0.414 e. The molecule has 26 heavy (non-hydrogen) atoms. The van der Waals surface area contributed by atoms with E-state index in [4.69, 9.17) is 4.74 Å². The molecular weight excluding hydrogens is 336 g/mol. The van der Waals surface area contributed by atoms with Gasteiger partial charge in [0, 0.05) is 21.2 Å². The topological polar surface area (TPSA) is 89.6 Å². The standard InChI is InChI=1S/C17H20N6O3/c1-21-14-13(15(24)22(2)17(21)25)23(9-10-26-3)16(19-14)20-18-11-12-7-5-4-6-8-12/h4-8,11,13H,9-10H2,1-3H3/p+1/b18-11+. The Balaban J connectivity index is 1.88. The lowest BCUT2D eigenvalue weighted by molar-refractivity contribution is -0.539. The molecule has 0 aromatic heterocycles. The lowest BCUT2D eigenvalue weighted by Crippen LogP contribution is -2.61. The summed E-state index contributed by atoms with van der Waals surface area (Å²) in [5, 5.41) is 4.20. The number of hydrogen-bond donors (Lipinski definition) is 1. The minimum Gasteiger partial charge on any atom is -0.381 e. The summed E-state index contributed by atoms with van der Waals surface area (Å²) in [5.74, 6) is 0.455. The van der Waals surface area contributed by atoms with Gasteiger partial charge in [0.2, 0.25) is 11.9 Å². The highest BCUT2D eigenvalue weighted by atomic mass is 16.5. The van der Waals surface area contributed by atoms with Crippen LogP contribution in [0.4, 0.5) is 4.79 Å². The Bertz CT molecular complexity index is 802. The van der Waals surface area contributed by atoms with E-state index in [1.165, 1.54) is 11.9 Å². The van der Waals surface area contributed by atoms with E-state index in [1.807, 2.05) is 30.3 Å². The molecule has 1 N–H and O–H groups in total. The molecule has 0 radical (unpaired) electrons. The minimum atomic E-state index is -0.674. The molecule has 0 spiro atoms. The number of amidine groups is 1. The van der Waals surface area contributed by atoms with E-state index >= 15 is 0 Å². The highest BCUT2D eigenvalue weighted by Gasteiger charge is 2.51. The van der Waals surface area contributed by atoms with Gasteiger partial charge in [-0.15, -0.1) is 5.10 Å². The SMILES string of the molecule is COCC[N+]1=C(N/N=C/c2ccccc2)N=C2C1C(=O)N(C)C(=O)N2C. The zero-order chi connectivity index (χ0) is 18.7. The first-order chi connectivity index (χ1) is 12.5. The number of carbonyl (C=O) groups excluding carboxylic acids is 2. The van der Waals surface area contributed by atoms with Crippen LogP contribution in [-0.4, -0.2) is 84.7 Å². The number of ether oxygens (including phenoxy) is 1. The van der Waals surface area contributed by atoms with Gasteiger partial charge in [-0.1, -0.05) is 35.3 Å². The number of likely N-dealkylation sites (N-methyl/N-ethyl adjacent to an activating group) is 2. The number of amides is 3. The number of imide groups is 1. The maximum Gasteiger partial charge on any atom is 0.414 e. The van der Waals surface area contributed by atoms with Crippen LogP contribution in [-0.2, 0) is 9.53 Å². The van der Waals surface area contributed by atoms with Crippen LogP contribution in [0.15, 0.2) is 40.4 Å². The smallest absolute Gasteiger partial charge is 0.381 e. The number of guanidine groups is 1. The molecule has 2 aliphatic heterocycles. The molecule has 136 valence electrons. The number of benzene rings is 1. The first-order valence-electron chi connectivity index (χ1n) is 8.15. The second-order valence-electron chi connectivity index (χ2n) is 5.90. The fourth-order valence-corrected chi connectivity index (χ4v) is 2.82. The predicted octanol–water partition coefficient (Wildman–Crippen LogP) is -0.0705. The van der Waals surface area contributed by atoms with Gasteiger partial charge in [0.05, 0.1) is 19.4 Å². The first kappa shape index (κ1) is 17.7. The number of carbonyl (C=O) groups is 2. The van der Waals surface area contributed by atoms with Gasteiger partial charge in [-0.05, 0) is 5.56 Å². The summed E-state index contributed by atoms with van der Waals surface area (Å²) in [7, 11) is 4.65. The molecule has 1 atom stereocenters. The van der Waals surface area contributed by atoms with E-state index in [0.717, 1.165) is 10.5 Å². The molecule has 0 saturated carbocycles. The molecule has 9 nitrogen and oxygen atoms in total. The zero-order valence-electron chi connectivity index (χ0n) is 14.9. The number of hydrazone groups is 1. The number of aliphatic imine (C=N–C) groups is 1. The van der Waals surface area contributed by atoms with Crippen LogP contribution in [0.5, 0.6) is 0 Å². The number of nitrogens with one attached hydrogen (secondary N) is 1. The van der Waals surface area contributed by atoms with E-state index in [-0.39, 0.29) is 5.91 Å². The molecule has 1 fully saturated rings. The third-order valence-electron chi connectivity index (χ3n) is 4.24. The molecule has 2 aliphatic rings. The Morgan fingerprint density at radius 3 is 2.69 bits per heavy atom. The predicted molar refractivity (Wildman–Crippen MR) is 96.3 cm³/mol. The number of nitrogens with zero attached hydrogens (tertiary/aromatic N) is 5. The number of hydrogen-bond acceptors (Lipinski definition) is 6. The summed E-state index contributed by atoms with van der Waals surface area (Å²) in [4.78, 5) is 31.7. The maximum absolute atomic E-state index is 12.6. The molecule has 1 aromatic rings. The van der Waals surface area contributed by atoms with Crippen molar-refractivity contribution in [3.05, 3.63) is 35.9 Å². The van der Waals surface area contributed by atoms with Crippen molar-refractivity contribution < 1.29 is 18.9 Å². The Morgan fingerprint density at radius 1 is 1.27 bits per heavy atom. The maximum atomic E-state index is 12.6. The molecule has 3 rings (SSSR count). The summed E-state index contributed by atoms with van der Waals surface area (Å²) < 4.78 is 6.89. The summed E-state index contributed by atoms with van der Waals surface area (Å²) in [6, 6.07) is 8.51. The van der Waals surface area contributed by atoms with Crippen molar-refractivity contribution in [3.63, 3.8) is 0 Å². The molecule has 0 aliphatic carbocycles. The van der Waals surface area contributed by atoms with Crippen LogP contribution in [0.1, 0.15) is 5.56 Å². The quantitative estimate of drug-likeness (QED) is 0.454. The highest BCUT2D eigenvalue weighted by Crippen LogP contribution is 2.18. The van der Waals surface area contributed by atoms with Crippen molar-refractivity contribution in [3.8, 4) is 0 Å². The molecule has 9 heteroatoms. The molecule has 0 bridgehead atoms. The van der Waals surface area contributed by atoms with Gasteiger partial charge >= 0.3 is 12.0 Å². The molecule has 2 heterocycles. The number of rotatable bonds is 5. The van der Waals surface area contributed by atoms with Crippen molar-refractivity contribution in [2.24, 2.45) is 10.1 Å². The molecule has 1 unspecified atom stereocenters. The number of urea groups is 1. The summed E-state index contributed by atoms with van der Waals surface area (Å²) >= 11 is 0. The normalized spacial score (nSPS) is 20.1. The fraction of sp³-hybridized carbons (Fsp3) is 0.353. The van der Waals surface area contributed by atoms with Gasteiger partial charge < -0.3 is 4.74 Å². The van der Waals surface area contributed by atoms with Crippen LogP contribution in [0.25, 0.3) is 0 Å². The minimum absolute atomic E-state index is 0.327. The average Bonchev–Trinajstić information content (AvgIpc) is 3.02. The van der Waals surface area contributed by atoms with Gasteiger partial charge in [0.25, 0.3) is 5.91 Å². The van der Waals surface area contributed by atoms with Crippen molar-refractivity contribution in [1.29, 1.82) is 0 Å². The Labute approximate surface area is 151 Å². The molecular formula is C17H21N6O3+. The Kier molecular flexibility index (Phi) is 5.08. The van der Waals surface area contributed by atoms with Crippen LogP contribution >= 0.6 is 0 Å². The second-order valence-corrected chi connectivity index (χ2v) is 5.90. The lowest BCUT2D eigenvalue weighted by atomic mass is 10.1. The van der Waals surface area contributed by atoms with Crippen LogP contribution < -0.4 is 5.43 Å². The zero-order valence-corrected chi connectivity index (χ0v) is 14.9. The van der Waals surface area contributed by atoms with Gasteiger partial charge in [-0.3, -0.25) is 14.6 Å². The van der Waals surface area contributed by atoms with Gasteiger partial charge in [0.15, 0.2) is 0 Å². The summed E-state index contributed by atoms with van der Waals surface area (Å²) in [5.41, 5.74) is 3.80. The third kappa shape index (κ3) is 3.21. The molecule has 1 aromatic carbocycles. The van der Waals surface area contributed by atoms with E-state index in [2.05, 4.69) is 15.5 Å². The van der Waals surface area contributed by atoms with Gasteiger partial charge in [-0.2, -0.15) is 5.43 Å². The molecule has 3 amide bonds. The molecule has 1 saturated heterocycles. The van der Waals surface area contributed by atoms with E-state index in [9.17, 15) is 9.59 Å². The van der Waals surface area contributed by atoms with Crippen LogP contribution in [0, 0.1) is 0 Å². The first-order valence-corrected chi connectivity index (χ1v) is 8.15. The number of methoxy groups -OCH3 is 1.